The zero-order valence-corrected chi connectivity index (χ0v) is 10.4. The number of alkyl halides is 1. The molecule has 2 unspecified atom stereocenters. The van der Waals surface area contributed by atoms with Crippen LogP contribution in [0.3, 0.4) is 0 Å². The van der Waals surface area contributed by atoms with E-state index in [1.807, 2.05) is 20.8 Å². The van der Waals surface area contributed by atoms with E-state index in [-0.39, 0.29) is 17.0 Å². The second-order valence-electron chi connectivity index (χ2n) is 3.81. The summed E-state index contributed by atoms with van der Waals surface area (Å²) in [6, 6.07) is 3.15. The highest BCUT2D eigenvalue weighted by molar-refractivity contribution is 6.20. The lowest BCUT2D eigenvalue weighted by Crippen LogP contribution is -2.13. The Kier molecular flexibility index (Phi) is 4.24. The normalized spacial score (nSPS) is 14.5. The monoisotopic (exact) mass is 242 g/mol. The second-order valence-corrected chi connectivity index (χ2v) is 4.49. The zero-order valence-electron chi connectivity index (χ0n) is 9.61. The number of hydrogen-bond acceptors (Lipinski definition) is 3. The van der Waals surface area contributed by atoms with Crippen LogP contribution in [0.1, 0.15) is 37.6 Å². The van der Waals surface area contributed by atoms with Crippen LogP contribution >= 0.6 is 11.6 Å². The van der Waals surface area contributed by atoms with Crippen molar-refractivity contribution in [2.24, 2.45) is 0 Å². The fourth-order valence-corrected chi connectivity index (χ4v) is 2.03. The number of pyridine rings is 1. The van der Waals surface area contributed by atoms with Crippen molar-refractivity contribution in [2.75, 3.05) is 0 Å². The second kappa shape index (κ2) is 5.25. The molecule has 1 aromatic heterocycles. The van der Waals surface area contributed by atoms with E-state index in [0.29, 0.717) is 5.69 Å². The smallest absolute Gasteiger partial charge is 0.258 e. The summed E-state index contributed by atoms with van der Waals surface area (Å²) in [5.74, 6) is -0.0815. The van der Waals surface area contributed by atoms with Gasteiger partial charge < -0.3 is 0 Å². The topological polar surface area (TPSA) is 56.0 Å². The van der Waals surface area contributed by atoms with Gasteiger partial charge in [-0.25, -0.2) is 0 Å². The molecule has 0 bridgehead atoms. The van der Waals surface area contributed by atoms with Crippen molar-refractivity contribution in [3.05, 3.63) is 33.6 Å². The molecule has 4 nitrogen and oxygen atoms in total. The van der Waals surface area contributed by atoms with Crippen LogP contribution in [0.5, 0.6) is 0 Å². The van der Waals surface area contributed by atoms with Crippen LogP contribution in [-0.2, 0) is 0 Å². The summed E-state index contributed by atoms with van der Waals surface area (Å²) in [7, 11) is 0. The molecule has 5 heteroatoms. The molecule has 0 fully saturated rings. The summed E-state index contributed by atoms with van der Waals surface area (Å²) in [5, 5.41) is 10.7. The van der Waals surface area contributed by atoms with Gasteiger partial charge in [-0.2, -0.15) is 0 Å². The van der Waals surface area contributed by atoms with Crippen molar-refractivity contribution in [3.8, 4) is 0 Å². The Hall–Kier alpha value is -1.16. The average molecular weight is 243 g/mol. The molecule has 1 rings (SSSR count). The zero-order chi connectivity index (χ0) is 12.3. The van der Waals surface area contributed by atoms with Gasteiger partial charge in [0.1, 0.15) is 5.69 Å². The van der Waals surface area contributed by atoms with Crippen LogP contribution < -0.4 is 0 Å². The first-order chi connectivity index (χ1) is 7.47. The fourth-order valence-electron chi connectivity index (χ4n) is 1.73. The first-order valence-electron chi connectivity index (χ1n) is 5.23. The molecular weight excluding hydrogens is 228 g/mol. The third kappa shape index (κ3) is 2.70. The van der Waals surface area contributed by atoms with Crippen LogP contribution in [0.25, 0.3) is 0 Å². The Morgan fingerprint density at radius 2 is 2.19 bits per heavy atom. The molecule has 0 aliphatic carbocycles. The van der Waals surface area contributed by atoms with Crippen LogP contribution in [0.15, 0.2) is 12.1 Å². The molecule has 0 saturated heterocycles. The lowest BCUT2D eigenvalue weighted by molar-refractivity contribution is -0.386. The molecule has 1 aromatic rings. The first kappa shape index (κ1) is 12.9. The molecule has 0 spiro atoms. The molecule has 1 heterocycles. The van der Waals surface area contributed by atoms with Crippen molar-refractivity contribution in [3.63, 3.8) is 0 Å². The van der Waals surface area contributed by atoms with Gasteiger partial charge in [0, 0.05) is 23.1 Å². The van der Waals surface area contributed by atoms with Gasteiger partial charge in [-0.3, -0.25) is 15.1 Å². The predicted molar refractivity (Wildman–Crippen MR) is 64.0 cm³/mol. The summed E-state index contributed by atoms with van der Waals surface area (Å²) in [5.41, 5.74) is 1.33. The fraction of sp³-hybridized carbons (Fsp3) is 0.545. The molecule has 0 aliphatic heterocycles. The van der Waals surface area contributed by atoms with E-state index in [1.54, 1.807) is 6.07 Å². The van der Waals surface area contributed by atoms with E-state index >= 15 is 0 Å². The molecule has 0 aromatic carbocycles. The number of nitro groups is 1. The Bertz CT molecular complexity index is 394. The van der Waals surface area contributed by atoms with Crippen LogP contribution in [0, 0.1) is 17.0 Å². The lowest BCUT2D eigenvalue weighted by Gasteiger charge is -2.16. The molecule has 0 N–H and O–H groups in total. The van der Waals surface area contributed by atoms with E-state index in [1.165, 1.54) is 6.07 Å². The van der Waals surface area contributed by atoms with Crippen molar-refractivity contribution in [2.45, 2.75) is 38.5 Å². The summed E-state index contributed by atoms with van der Waals surface area (Å²) >= 11 is 6.04. The molecule has 0 saturated carbocycles. The van der Waals surface area contributed by atoms with E-state index < -0.39 is 4.92 Å². The van der Waals surface area contributed by atoms with Gasteiger partial charge in [-0.1, -0.05) is 6.92 Å². The van der Waals surface area contributed by atoms with Gasteiger partial charge in [-0.15, -0.1) is 11.6 Å². The molecular formula is C11H15ClN2O2. The van der Waals surface area contributed by atoms with Crippen molar-refractivity contribution in [1.82, 2.24) is 4.98 Å². The minimum atomic E-state index is -0.399. The maximum absolute atomic E-state index is 10.9. The highest BCUT2D eigenvalue weighted by Gasteiger charge is 2.26. The summed E-state index contributed by atoms with van der Waals surface area (Å²) in [6.45, 7) is 5.61. The van der Waals surface area contributed by atoms with Gasteiger partial charge in [0.05, 0.1) is 4.92 Å². The van der Waals surface area contributed by atoms with Gasteiger partial charge >= 0.3 is 0 Å². The quantitative estimate of drug-likeness (QED) is 0.462. The first-order valence-corrected chi connectivity index (χ1v) is 5.67. The summed E-state index contributed by atoms with van der Waals surface area (Å²) < 4.78 is 0. The van der Waals surface area contributed by atoms with E-state index in [0.717, 1.165) is 12.1 Å². The van der Waals surface area contributed by atoms with Gasteiger partial charge in [-0.05, 0) is 26.3 Å². The van der Waals surface area contributed by atoms with Crippen LogP contribution in [0.4, 0.5) is 5.69 Å². The SMILES string of the molecule is CCC(c1nc(C)ccc1[N+](=O)[O-])C(C)Cl. The maximum atomic E-state index is 10.9. The largest absolute Gasteiger partial charge is 0.291 e. The van der Waals surface area contributed by atoms with Gasteiger partial charge in [0.25, 0.3) is 5.69 Å². The standard InChI is InChI=1S/C11H15ClN2O2/c1-4-9(8(3)12)11-10(14(15)16)6-5-7(2)13-11/h5-6,8-9H,4H2,1-3H3. The number of aromatic nitrogens is 1. The molecule has 88 valence electrons. The summed E-state index contributed by atoms with van der Waals surface area (Å²) in [6.07, 6.45) is 0.738. The Morgan fingerprint density at radius 3 is 2.62 bits per heavy atom. The minimum Gasteiger partial charge on any atom is -0.258 e. The number of halogens is 1. The predicted octanol–water partition coefficient (Wildman–Crippen LogP) is 3.42. The van der Waals surface area contributed by atoms with Crippen molar-refractivity contribution in [1.29, 1.82) is 0 Å². The number of rotatable bonds is 4. The van der Waals surface area contributed by atoms with E-state index in [9.17, 15) is 10.1 Å². The number of hydrogen-bond donors (Lipinski definition) is 0. The van der Waals surface area contributed by atoms with Crippen LogP contribution in [-0.4, -0.2) is 15.3 Å². The lowest BCUT2D eigenvalue weighted by atomic mass is 9.97. The third-order valence-corrected chi connectivity index (χ3v) is 2.89. The van der Waals surface area contributed by atoms with Gasteiger partial charge in [0.2, 0.25) is 0 Å². The Balaban J connectivity index is 3.27. The van der Waals surface area contributed by atoms with Crippen molar-refractivity contribution >= 4 is 17.3 Å². The summed E-state index contributed by atoms with van der Waals surface area (Å²) in [4.78, 5) is 14.8. The van der Waals surface area contributed by atoms with Crippen molar-refractivity contribution < 1.29 is 4.92 Å². The average Bonchev–Trinajstić information content (AvgIpc) is 2.17. The molecule has 0 radical (unpaired) electrons. The van der Waals surface area contributed by atoms with E-state index in [4.69, 9.17) is 11.6 Å². The molecule has 0 amide bonds. The highest BCUT2D eigenvalue weighted by Crippen LogP contribution is 2.32. The Labute approximate surface area is 99.8 Å². The molecule has 0 aliphatic rings. The van der Waals surface area contributed by atoms with Crippen LogP contribution in [0.2, 0.25) is 0 Å². The van der Waals surface area contributed by atoms with E-state index in [2.05, 4.69) is 4.98 Å². The number of aryl methyl sites for hydroxylation is 1. The highest BCUT2D eigenvalue weighted by atomic mass is 35.5. The minimum absolute atomic E-state index is 0.0601. The third-order valence-electron chi connectivity index (χ3n) is 2.58. The molecule has 2 atom stereocenters. The Morgan fingerprint density at radius 1 is 1.56 bits per heavy atom. The molecule has 16 heavy (non-hydrogen) atoms. The maximum Gasteiger partial charge on any atom is 0.291 e. The number of nitrogens with zero attached hydrogens (tertiary/aromatic N) is 2. The van der Waals surface area contributed by atoms with Gasteiger partial charge in [0.15, 0.2) is 0 Å².